The van der Waals surface area contributed by atoms with Gasteiger partial charge in [0, 0.05) is 23.7 Å². The molecule has 0 radical (unpaired) electrons. The van der Waals surface area contributed by atoms with Crippen LogP contribution >= 0.6 is 23.2 Å². The molecule has 2 aliphatic heterocycles. The first-order valence-corrected chi connectivity index (χ1v) is 15.9. The maximum atomic E-state index is 13.7. The molecule has 3 atom stereocenters. The molecule has 5 rings (SSSR count). The van der Waals surface area contributed by atoms with Crippen molar-refractivity contribution in [2.75, 3.05) is 19.6 Å². The number of fused-ring (bicyclic) bond motifs is 2. The van der Waals surface area contributed by atoms with E-state index in [0.29, 0.717) is 23.6 Å². The lowest BCUT2D eigenvalue weighted by Crippen LogP contribution is -2.88. The van der Waals surface area contributed by atoms with Crippen molar-refractivity contribution in [3.05, 3.63) is 76.3 Å². The Morgan fingerprint density at radius 2 is 1.74 bits per heavy atom. The van der Waals surface area contributed by atoms with Gasteiger partial charge in [-0.25, -0.2) is 13.1 Å². The van der Waals surface area contributed by atoms with E-state index < -0.39 is 34.1 Å². The van der Waals surface area contributed by atoms with Gasteiger partial charge in [0.1, 0.15) is 10.9 Å². The molecule has 0 bridgehead atoms. The lowest BCUT2D eigenvalue weighted by atomic mass is 9.71. The van der Waals surface area contributed by atoms with Gasteiger partial charge in [0.15, 0.2) is 0 Å². The summed E-state index contributed by atoms with van der Waals surface area (Å²) in [7, 11) is -4.04. The van der Waals surface area contributed by atoms with E-state index in [1.54, 1.807) is 15.9 Å². The minimum absolute atomic E-state index is 0.0456. The molecule has 12 heteroatoms. The molecule has 3 amide bonds. The fraction of sp³-hybridized carbons (Fsp3) is 0.367. The van der Waals surface area contributed by atoms with E-state index >= 15 is 0 Å². The largest absolute Gasteiger partial charge is 0.340 e. The lowest BCUT2D eigenvalue weighted by Gasteiger charge is -2.69. The molecule has 2 fully saturated rings. The highest BCUT2D eigenvalue weighted by molar-refractivity contribution is 7.89. The SMILES string of the molecule is CC(C)C[C@H](NC(=O)c1ccc2ccccc2c1)C(=O)N1C[C@H]2N(C(=O)CNS(=O)(=O)c3ccc(Cl)cc3Cl)CC21C. The molecule has 42 heavy (non-hydrogen) atoms. The summed E-state index contributed by atoms with van der Waals surface area (Å²) in [6.45, 7) is 6.00. The third kappa shape index (κ3) is 5.73. The monoisotopic (exact) mass is 630 g/mol. The summed E-state index contributed by atoms with van der Waals surface area (Å²) in [5.74, 6) is -0.758. The molecule has 2 heterocycles. The average Bonchev–Trinajstić information content (AvgIpc) is 2.93. The van der Waals surface area contributed by atoms with Crippen LogP contribution in [-0.4, -0.2) is 73.2 Å². The van der Waals surface area contributed by atoms with Gasteiger partial charge < -0.3 is 15.1 Å². The number of benzene rings is 3. The van der Waals surface area contributed by atoms with Gasteiger partial charge in [-0.3, -0.25) is 14.4 Å². The molecule has 0 saturated carbocycles. The fourth-order valence-corrected chi connectivity index (χ4v) is 7.44. The highest BCUT2D eigenvalue weighted by Gasteiger charge is 2.64. The molecule has 0 spiro atoms. The van der Waals surface area contributed by atoms with E-state index in [1.807, 2.05) is 57.2 Å². The van der Waals surface area contributed by atoms with Crippen molar-refractivity contribution < 1.29 is 22.8 Å². The van der Waals surface area contributed by atoms with E-state index in [9.17, 15) is 22.8 Å². The van der Waals surface area contributed by atoms with Gasteiger partial charge in [0.25, 0.3) is 5.91 Å². The van der Waals surface area contributed by atoms with Crippen LogP contribution in [0.15, 0.2) is 65.6 Å². The van der Waals surface area contributed by atoms with Crippen LogP contribution in [0.4, 0.5) is 0 Å². The average molecular weight is 632 g/mol. The molecule has 222 valence electrons. The zero-order chi connectivity index (χ0) is 30.4. The molecule has 0 aliphatic carbocycles. The van der Waals surface area contributed by atoms with Crippen molar-refractivity contribution in [3.63, 3.8) is 0 Å². The van der Waals surface area contributed by atoms with E-state index in [4.69, 9.17) is 23.2 Å². The summed E-state index contributed by atoms with van der Waals surface area (Å²) in [5, 5.41) is 5.15. The Kier molecular flexibility index (Phi) is 8.28. The van der Waals surface area contributed by atoms with Crippen LogP contribution in [-0.2, 0) is 19.6 Å². The van der Waals surface area contributed by atoms with Crippen LogP contribution in [0.1, 0.15) is 37.6 Å². The number of nitrogens with one attached hydrogen (secondary N) is 2. The van der Waals surface area contributed by atoms with Crippen LogP contribution in [0, 0.1) is 5.92 Å². The molecule has 3 aromatic carbocycles. The van der Waals surface area contributed by atoms with Crippen molar-refractivity contribution >= 4 is 61.7 Å². The van der Waals surface area contributed by atoms with Gasteiger partial charge in [0.2, 0.25) is 21.8 Å². The molecular weight excluding hydrogens is 599 g/mol. The van der Waals surface area contributed by atoms with Gasteiger partial charge in [-0.15, -0.1) is 0 Å². The number of carbonyl (C=O) groups is 3. The highest BCUT2D eigenvalue weighted by atomic mass is 35.5. The number of nitrogens with zero attached hydrogens (tertiary/aromatic N) is 2. The summed E-state index contributed by atoms with van der Waals surface area (Å²) in [5.41, 5.74) is -0.112. The second kappa shape index (κ2) is 11.5. The fourth-order valence-electron chi connectivity index (χ4n) is 5.70. The smallest absolute Gasteiger partial charge is 0.251 e. The van der Waals surface area contributed by atoms with Crippen molar-refractivity contribution in [1.29, 1.82) is 0 Å². The van der Waals surface area contributed by atoms with Crippen LogP contribution in [0.2, 0.25) is 10.0 Å². The van der Waals surface area contributed by atoms with E-state index in [0.717, 1.165) is 10.8 Å². The predicted molar refractivity (Wildman–Crippen MR) is 162 cm³/mol. The molecular formula is C30H32Cl2N4O5S. The second-order valence-electron chi connectivity index (χ2n) is 11.5. The molecule has 2 aliphatic rings. The highest BCUT2D eigenvalue weighted by Crippen LogP contribution is 2.44. The molecule has 2 saturated heterocycles. The van der Waals surface area contributed by atoms with Crippen LogP contribution in [0.25, 0.3) is 10.8 Å². The first kappa shape index (κ1) is 30.3. The lowest BCUT2D eigenvalue weighted by molar-refractivity contribution is -0.205. The van der Waals surface area contributed by atoms with E-state index in [-0.39, 0.29) is 40.2 Å². The number of amides is 3. The molecule has 0 aromatic heterocycles. The number of piperazine rings is 1. The third-order valence-electron chi connectivity index (χ3n) is 8.06. The number of halogens is 2. The molecule has 9 nitrogen and oxygen atoms in total. The number of likely N-dealkylation sites (tertiary alicyclic amines) is 2. The quantitative estimate of drug-likeness (QED) is 0.370. The molecule has 2 N–H and O–H groups in total. The van der Waals surface area contributed by atoms with Gasteiger partial charge >= 0.3 is 0 Å². The first-order chi connectivity index (χ1) is 19.8. The number of rotatable bonds is 9. The third-order valence-corrected chi connectivity index (χ3v) is 10.2. The Hall–Kier alpha value is -3.18. The van der Waals surface area contributed by atoms with Crippen LogP contribution < -0.4 is 10.0 Å². The minimum Gasteiger partial charge on any atom is -0.340 e. The predicted octanol–water partition coefficient (Wildman–Crippen LogP) is 4.08. The summed E-state index contributed by atoms with van der Waals surface area (Å²) in [6.07, 6.45) is 0.465. The molecule has 3 aromatic rings. The maximum Gasteiger partial charge on any atom is 0.251 e. The first-order valence-electron chi connectivity index (χ1n) is 13.7. The summed E-state index contributed by atoms with van der Waals surface area (Å²) >= 11 is 11.9. The summed E-state index contributed by atoms with van der Waals surface area (Å²) in [6, 6.07) is 16.2. The number of carbonyl (C=O) groups excluding carboxylic acids is 3. The number of hydrogen-bond donors (Lipinski definition) is 2. The van der Waals surface area contributed by atoms with E-state index in [1.165, 1.54) is 18.2 Å². The van der Waals surface area contributed by atoms with Crippen molar-refractivity contribution in [1.82, 2.24) is 19.8 Å². The Morgan fingerprint density at radius 1 is 1.02 bits per heavy atom. The standard InChI is InChI=1S/C30H32Cl2N4O5S/c1-18(2)12-24(34-28(38)21-9-8-19-6-4-5-7-20(19)13-21)29(39)36-16-26-30(36,3)17-35(26)27(37)15-33-42(40,41)25-11-10-22(31)14-23(25)32/h4-11,13-14,18,24,26,33H,12,15-17H2,1-3H3,(H,34,38)/t24-,26+,30?/m0/s1. The minimum atomic E-state index is -4.04. The Morgan fingerprint density at radius 3 is 2.38 bits per heavy atom. The summed E-state index contributed by atoms with van der Waals surface area (Å²) in [4.78, 5) is 42.9. The van der Waals surface area contributed by atoms with Crippen molar-refractivity contribution in [2.24, 2.45) is 5.92 Å². The van der Waals surface area contributed by atoms with Crippen LogP contribution in [0.3, 0.4) is 0 Å². The number of sulfonamides is 1. The van der Waals surface area contributed by atoms with Gasteiger partial charge in [-0.2, -0.15) is 0 Å². The second-order valence-corrected chi connectivity index (χ2v) is 14.0. The summed E-state index contributed by atoms with van der Waals surface area (Å²) < 4.78 is 27.7. The van der Waals surface area contributed by atoms with Crippen molar-refractivity contribution in [3.8, 4) is 0 Å². The normalized spacial score (nSPS) is 20.5. The zero-order valence-electron chi connectivity index (χ0n) is 23.4. The molecule has 1 unspecified atom stereocenters. The van der Waals surface area contributed by atoms with Crippen molar-refractivity contribution in [2.45, 2.75) is 49.7 Å². The van der Waals surface area contributed by atoms with Gasteiger partial charge in [-0.05, 0) is 60.4 Å². The van der Waals surface area contributed by atoms with Crippen LogP contribution in [0.5, 0.6) is 0 Å². The van der Waals surface area contributed by atoms with Gasteiger partial charge in [0.05, 0.1) is 23.1 Å². The Balaban J connectivity index is 1.21. The topological polar surface area (TPSA) is 116 Å². The number of hydrogen-bond acceptors (Lipinski definition) is 5. The zero-order valence-corrected chi connectivity index (χ0v) is 25.8. The Bertz CT molecular complexity index is 1680. The maximum absolute atomic E-state index is 13.7. The Labute approximate surface area is 255 Å². The van der Waals surface area contributed by atoms with E-state index in [2.05, 4.69) is 10.0 Å². The van der Waals surface area contributed by atoms with Gasteiger partial charge in [-0.1, -0.05) is 67.4 Å².